The molecule has 2 aromatic carbocycles. The molecule has 10 nitrogen and oxygen atoms in total. The molecule has 0 spiro atoms. The number of methoxy groups -OCH3 is 1. The Balaban J connectivity index is 1.62. The normalized spacial score (nSPS) is 15.8. The molecule has 1 aliphatic heterocycles. The number of carbonyl (C=O) groups excluding carboxylic acids is 1. The second kappa shape index (κ2) is 9.27. The van der Waals surface area contributed by atoms with Crippen LogP contribution in [0, 0.1) is 0 Å². The summed E-state index contributed by atoms with van der Waals surface area (Å²) in [6.07, 6.45) is -5.23. The van der Waals surface area contributed by atoms with Crippen LogP contribution in [0.15, 0.2) is 57.7 Å². The zero-order chi connectivity index (χ0) is 27.3. The summed E-state index contributed by atoms with van der Waals surface area (Å²) in [5.74, 6) is -0.130. The molecule has 39 heavy (non-hydrogen) atoms. The van der Waals surface area contributed by atoms with E-state index in [1.165, 1.54) is 19.2 Å². The van der Waals surface area contributed by atoms with Crippen molar-refractivity contribution in [3.63, 3.8) is 0 Å². The van der Waals surface area contributed by atoms with Crippen LogP contribution in [0.3, 0.4) is 0 Å². The fourth-order valence-corrected chi connectivity index (χ4v) is 4.62. The molecule has 1 fully saturated rings. The maximum Gasteiger partial charge on any atom is 0.433 e. The Kier molecular flexibility index (Phi) is 5.87. The first-order valence-electron chi connectivity index (χ1n) is 11.9. The lowest BCUT2D eigenvalue weighted by molar-refractivity contribution is -0.140. The number of fused-ring (bicyclic) bond motifs is 2. The Morgan fingerprint density at radius 3 is 2.56 bits per heavy atom. The van der Waals surface area contributed by atoms with Crippen molar-refractivity contribution in [3.8, 4) is 28.3 Å². The molecule has 0 radical (unpaired) electrons. The summed E-state index contributed by atoms with van der Waals surface area (Å²) in [4.78, 5) is 34.8. The van der Waals surface area contributed by atoms with Crippen LogP contribution in [0.25, 0.3) is 39.3 Å². The van der Waals surface area contributed by atoms with E-state index in [0.29, 0.717) is 29.8 Å². The van der Waals surface area contributed by atoms with Crippen molar-refractivity contribution in [1.82, 2.24) is 24.9 Å². The van der Waals surface area contributed by atoms with Crippen molar-refractivity contribution in [3.05, 3.63) is 70.3 Å². The largest absolute Gasteiger partial charge is 0.494 e. The lowest BCUT2D eigenvalue weighted by atomic mass is 10.1. The predicted octanol–water partition coefficient (Wildman–Crippen LogP) is 3.93. The molecular formula is C26H20F3N5O5. The number of H-pyrrole nitrogens is 1. The van der Waals surface area contributed by atoms with Gasteiger partial charge < -0.3 is 19.2 Å². The quantitative estimate of drug-likeness (QED) is 0.335. The van der Waals surface area contributed by atoms with Crippen molar-refractivity contribution in [2.24, 2.45) is 0 Å². The van der Waals surface area contributed by atoms with Gasteiger partial charge in [0.05, 0.1) is 25.0 Å². The predicted molar refractivity (Wildman–Crippen MR) is 132 cm³/mol. The number of halogens is 3. The molecule has 1 amide bonds. The standard InChI is InChI=1S/C26H20F3N5O5/c1-37-15-8-5-9-16-20(15)32-24(39-16)19-14(12-38-17-10-11-30-23(17)35)31-22-18(13-6-3-2-4-7-13)21(26(27,28)29)33-34(22)25(19)36/h2-9,17,33H,10-12H2,1H3,(H,30,35). The minimum absolute atomic E-state index is 0.0323. The van der Waals surface area contributed by atoms with Gasteiger partial charge >= 0.3 is 6.18 Å². The van der Waals surface area contributed by atoms with Crippen molar-refractivity contribution < 1.29 is 31.9 Å². The first-order valence-corrected chi connectivity index (χ1v) is 11.9. The van der Waals surface area contributed by atoms with Gasteiger partial charge in [0, 0.05) is 6.54 Å². The number of nitrogens with one attached hydrogen (secondary N) is 2. The monoisotopic (exact) mass is 539 g/mol. The number of nitrogens with zero attached hydrogens (tertiary/aromatic N) is 3. The van der Waals surface area contributed by atoms with Gasteiger partial charge in [0.25, 0.3) is 5.56 Å². The summed E-state index contributed by atoms with van der Waals surface area (Å²) in [7, 11) is 1.44. The fourth-order valence-electron chi connectivity index (χ4n) is 4.62. The number of hydrogen-bond acceptors (Lipinski definition) is 7. The van der Waals surface area contributed by atoms with Crippen molar-refractivity contribution in [2.75, 3.05) is 13.7 Å². The molecule has 5 aromatic rings. The number of alkyl halides is 3. The zero-order valence-electron chi connectivity index (χ0n) is 20.3. The van der Waals surface area contributed by atoms with Crippen LogP contribution in [0.1, 0.15) is 17.8 Å². The molecule has 0 saturated carbocycles. The average Bonchev–Trinajstić information content (AvgIpc) is 3.64. The summed E-state index contributed by atoms with van der Waals surface area (Å²) in [6, 6.07) is 12.7. The number of para-hydroxylation sites is 1. The lowest BCUT2D eigenvalue weighted by Gasteiger charge is -2.11. The number of rotatable bonds is 6. The van der Waals surface area contributed by atoms with Gasteiger partial charge in [0.1, 0.15) is 23.1 Å². The Hall–Kier alpha value is -4.65. The third-order valence-corrected chi connectivity index (χ3v) is 6.44. The molecule has 1 aliphatic rings. The van der Waals surface area contributed by atoms with Gasteiger partial charge in [0.15, 0.2) is 16.7 Å². The first-order chi connectivity index (χ1) is 18.8. The molecule has 1 unspecified atom stereocenters. The molecule has 4 heterocycles. The van der Waals surface area contributed by atoms with Crippen molar-refractivity contribution in [2.45, 2.75) is 25.3 Å². The molecule has 2 N–H and O–H groups in total. The second-order valence-electron chi connectivity index (χ2n) is 8.83. The van der Waals surface area contributed by atoms with Gasteiger partial charge in [-0.15, -0.1) is 0 Å². The summed E-state index contributed by atoms with van der Waals surface area (Å²) in [5, 5.41) is 4.84. The van der Waals surface area contributed by atoms with E-state index in [2.05, 4.69) is 20.4 Å². The smallest absolute Gasteiger partial charge is 0.433 e. The Labute approximate surface area is 217 Å². The third-order valence-electron chi connectivity index (χ3n) is 6.44. The maximum absolute atomic E-state index is 14.2. The Bertz CT molecular complexity index is 1770. The highest BCUT2D eigenvalue weighted by molar-refractivity contribution is 5.84. The molecule has 0 aliphatic carbocycles. The first kappa shape index (κ1) is 24.7. The van der Waals surface area contributed by atoms with E-state index in [0.717, 1.165) is 4.52 Å². The van der Waals surface area contributed by atoms with E-state index in [9.17, 15) is 22.8 Å². The van der Waals surface area contributed by atoms with Crippen LogP contribution >= 0.6 is 0 Å². The van der Waals surface area contributed by atoms with Crippen LogP contribution in [0.4, 0.5) is 13.2 Å². The van der Waals surface area contributed by atoms with E-state index in [4.69, 9.17) is 13.9 Å². The van der Waals surface area contributed by atoms with E-state index in [-0.39, 0.29) is 46.4 Å². The summed E-state index contributed by atoms with van der Waals surface area (Å²) in [5.41, 5.74) is -2.01. The summed E-state index contributed by atoms with van der Waals surface area (Å²) >= 11 is 0. The Morgan fingerprint density at radius 2 is 1.87 bits per heavy atom. The zero-order valence-corrected chi connectivity index (χ0v) is 20.3. The second-order valence-corrected chi connectivity index (χ2v) is 8.83. The van der Waals surface area contributed by atoms with E-state index >= 15 is 0 Å². The number of benzene rings is 2. The number of oxazole rings is 1. The highest BCUT2D eigenvalue weighted by atomic mass is 19.4. The SMILES string of the molecule is COc1cccc2oc(-c3c(COC4CCNC4=O)nc4c(-c5ccccc5)c(C(F)(F)F)[nH]n4c3=O)nc12. The highest BCUT2D eigenvalue weighted by Gasteiger charge is 2.39. The minimum Gasteiger partial charge on any atom is -0.494 e. The van der Waals surface area contributed by atoms with Crippen molar-refractivity contribution >= 4 is 22.7 Å². The van der Waals surface area contributed by atoms with Gasteiger partial charge in [-0.25, -0.2) is 9.97 Å². The summed E-state index contributed by atoms with van der Waals surface area (Å²) < 4.78 is 60.1. The molecular weight excluding hydrogens is 519 g/mol. The highest BCUT2D eigenvalue weighted by Crippen LogP contribution is 2.39. The lowest BCUT2D eigenvalue weighted by Crippen LogP contribution is -2.26. The molecule has 1 saturated heterocycles. The number of ether oxygens (including phenoxy) is 2. The van der Waals surface area contributed by atoms with Gasteiger partial charge in [-0.3, -0.25) is 14.7 Å². The number of aromatic nitrogens is 4. The van der Waals surface area contributed by atoms with Gasteiger partial charge in [-0.05, 0) is 24.1 Å². The molecule has 200 valence electrons. The van der Waals surface area contributed by atoms with Gasteiger partial charge in [-0.1, -0.05) is 36.4 Å². The maximum atomic E-state index is 14.2. The Morgan fingerprint density at radius 1 is 1.08 bits per heavy atom. The fraction of sp³-hybridized carbons (Fsp3) is 0.231. The van der Waals surface area contributed by atoms with Crippen LogP contribution in [-0.4, -0.2) is 45.2 Å². The number of hydrogen-bond donors (Lipinski definition) is 2. The minimum atomic E-state index is -4.82. The molecule has 6 rings (SSSR count). The van der Waals surface area contributed by atoms with E-state index in [1.807, 2.05) is 0 Å². The molecule has 0 bridgehead atoms. The van der Waals surface area contributed by atoms with E-state index in [1.54, 1.807) is 36.4 Å². The van der Waals surface area contributed by atoms with Gasteiger partial charge in [-0.2, -0.15) is 17.7 Å². The van der Waals surface area contributed by atoms with Crippen LogP contribution in [0.2, 0.25) is 0 Å². The third kappa shape index (κ3) is 4.20. The number of amides is 1. The molecule has 3 aromatic heterocycles. The number of carbonyl (C=O) groups is 1. The topological polar surface area (TPSA) is 124 Å². The number of aromatic amines is 1. The van der Waals surface area contributed by atoms with Crippen molar-refractivity contribution in [1.29, 1.82) is 0 Å². The van der Waals surface area contributed by atoms with Gasteiger partial charge in [0.2, 0.25) is 11.8 Å². The molecule has 1 atom stereocenters. The molecule has 13 heteroatoms. The van der Waals surface area contributed by atoms with E-state index < -0.39 is 23.5 Å². The van der Waals surface area contributed by atoms with Crippen LogP contribution in [-0.2, 0) is 22.3 Å². The van der Waals surface area contributed by atoms with Crippen LogP contribution < -0.4 is 15.6 Å². The van der Waals surface area contributed by atoms with Crippen LogP contribution in [0.5, 0.6) is 5.75 Å². The average molecular weight is 539 g/mol. The summed E-state index contributed by atoms with van der Waals surface area (Å²) in [6.45, 7) is 0.0666.